The van der Waals surface area contributed by atoms with Gasteiger partial charge >= 0.3 is 5.97 Å². The fourth-order valence-corrected chi connectivity index (χ4v) is 5.12. The van der Waals surface area contributed by atoms with E-state index in [1.54, 1.807) is 0 Å². The van der Waals surface area contributed by atoms with Crippen molar-refractivity contribution < 1.29 is 19.8 Å². The summed E-state index contributed by atoms with van der Waals surface area (Å²) in [5, 5.41) is 24.4. The van der Waals surface area contributed by atoms with Gasteiger partial charge in [0.15, 0.2) is 5.72 Å². The molecule has 0 spiro atoms. The molecule has 1 saturated heterocycles. The highest BCUT2D eigenvalue weighted by molar-refractivity contribution is 6.34. The van der Waals surface area contributed by atoms with E-state index in [2.05, 4.69) is 17.4 Å². The van der Waals surface area contributed by atoms with Crippen molar-refractivity contribution in [2.45, 2.75) is 50.7 Å². The smallest absolute Gasteiger partial charge is 0.308 e. The van der Waals surface area contributed by atoms with Gasteiger partial charge in [0.2, 0.25) is 5.91 Å². The number of halogens is 2. The Labute approximate surface area is 202 Å². The number of pyridine rings is 1. The summed E-state index contributed by atoms with van der Waals surface area (Å²) in [5.74, 6) is -0.733. The lowest BCUT2D eigenvalue weighted by molar-refractivity contribution is -0.196. The number of carbonyl (C=O) groups is 2. The van der Waals surface area contributed by atoms with Crippen molar-refractivity contribution in [1.82, 2.24) is 9.88 Å². The number of amides is 1. The highest BCUT2D eigenvalue weighted by Gasteiger charge is 2.50. The number of benzene rings is 1. The largest absolute Gasteiger partial charge is 0.481 e. The second-order valence-corrected chi connectivity index (χ2v) is 9.65. The van der Waals surface area contributed by atoms with Gasteiger partial charge in [-0.1, -0.05) is 35.7 Å². The molecule has 176 valence electrons. The third-order valence-electron chi connectivity index (χ3n) is 6.37. The zero-order valence-electron chi connectivity index (χ0n) is 18.2. The zero-order chi connectivity index (χ0) is 23.6. The van der Waals surface area contributed by atoms with Gasteiger partial charge in [0.25, 0.3) is 0 Å². The maximum Gasteiger partial charge on any atom is 0.308 e. The molecule has 9 heteroatoms. The minimum absolute atomic E-state index is 0.196. The molecule has 2 aliphatic rings. The molecule has 1 unspecified atom stereocenters. The number of aliphatic hydroxyl groups is 1. The summed E-state index contributed by atoms with van der Waals surface area (Å²) in [6, 6.07) is 8.59. The lowest BCUT2D eigenvalue weighted by Crippen LogP contribution is -2.62. The standard InChI is InChI=1S/C24H27Cl2N3O4/c25-18-10-17(11-19(26)12-18)24(33,13-21(30)31)29-14-16(23(29)32)4-1-2-6-20-8-7-15-5-3-9-27-22(15)28-20/h7-8,10-12,16,33H,1-6,9,13-14H2,(H,27,28)(H,30,31)/t16?,24-/m0/s1. The molecule has 0 saturated carbocycles. The van der Waals surface area contributed by atoms with Gasteiger partial charge in [-0.05, 0) is 61.9 Å². The molecule has 3 N–H and O–H groups in total. The molecular weight excluding hydrogens is 465 g/mol. The highest BCUT2D eigenvalue weighted by atomic mass is 35.5. The first-order chi connectivity index (χ1) is 15.8. The number of rotatable bonds is 9. The van der Waals surface area contributed by atoms with Crippen LogP contribution in [0.15, 0.2) is 30.3 Å². The average Bonchev–Trinajstić information content (AvgIpc) is 2.76. The summed E-state index contributed by atoms with van der Waals surface area (Å²) in [6.45, 7) is 1.24. The van der Waals surface area contributed by atoms with Gasteiger partial charge in [-0.2, -0.15) is 0 Å². The molecule has 0 radical (unpaired) electrons. The number of carboxylic acids is 1. The first-order valence-corrected chi connectivity index (χ1v) is 12.0. The van der Waals surface area contributed by atoms with Crippen molar-refractivity contribution in [3.05, 3.63) is 57.2 Å². The van der Waals surface area contributed by atoms with Crippen molar-refractivity contribution in [1.29, 1.82) is 0 Å². The quantitative estimate of drug-likeness (QED) is 0.358. The molecule has 33 heavy (non-hydrogen) atoms. The van der Waals surface area contributed by atoms with Gasteiger partial charge in [-0.25, -0.2) is 4.98 Å². The minimum Gasteiger partial charge on any atom is -0.481 e. The molecule has 1 aromatic heterocycles. The summed E-state index contributed by atoms with van der Waals surface area (Å²) in [6.07, 6.45) is 4.80. The van der Waals surface area contributed by atoms with E-state index in [9.17, 15) is 19.8 Å². The molecule has 4 rings (SSSR count). The number of anilines is 1. The molecule has 1 amide bonds. The first-order valence-electron chi connectivity index (χ1n) is 11.2. The van der Waals surface area contributed by atoms with E-state index in [4.69, 9.17) is 28.2 Å². The van der Waals surface area contributed by atoms with Crippen molar-refractivity contribution in [3.8, 4) is 0 Å². The number of carbonyl (C=O) groups excluding carboxylic acids is 1. The molecule has 0 bridgehead atoms. The van der Waals surface area contributed by atoms with Gasteiger partial charge in [-0.3, -0.25) is 9.59 Å². The molecular formula is C24H27Cl2N3O4. The van der Waals surface area contributed by atoms with E-state index in [1.165, 1.54) is 28.7 Å². The number of β-lactam (4-membered cyclic amide) rings is 1. The molecule has 2 aromatic rings. The number of aromatic nitrogens is 1. The third-order valence-corrected chi connectivity index (χ3v) is 6.81. The Morgan fingerprint density at radius 3 is 2.67 bits per heavy atom. The van der Waals surface area contributed by atoms with Crippen molar-refractivity contribution in [2.75, 3.05) is 18.4 Å². The molecule has 1 fully saturated rings. The number of nitrogens with one attached hydrogen (secondary N) is 1. The summed E-state index contributed by atoms with van der Waals surface area (Å²) < 4.78 is 0. The van der Waals surface area contributed by atoms with Gasteiger partial charge in [0, 0.05) is 34.4 Å². The number of hydrogen-bond acceptors (Lipinski definition) is 5. The molecule has 1 aromatic carbocycles. The van der Waals surface area contributed by atoms with Crippen LogP contribution in [0.25, 0.3) is 0 Å². The van der Waals surface area contributed by atoms with Gasteiger partial charge < -0.3 is 20.4 Å². The fourth-order valence-electron chi connectivity index (χ4n) is 4.60. The van der Waals surface area contributed by atoms with Crippen LogP contribution in [0.1, 0.15) is 48.9 Å². The van der Waals surface area contributed by atoms with Crippen LogP contribution in [0.4, 0.5) is 5.82 Å². The second kappa shape index (κ2) is 9.87. The Hall–Kier alpha value is -2.35. The van der Waals surface area contributed by atoms with Crippen LogP contribution in [0, 0.1) is 5.92 Å². The van der Waals surface area contributed by atoms with E-state index in [0.29, 0.717) is 6.42 Å². The summed E-state index contributed by atoms with van der Waals surface area (Å²) in [5.41, 5.74) is 0.508. The summed E-state index contributed by atoms with van der Waals surface area (Å²) >= 11 is 12.1. The maximum absolute atomic E-state index is 12.8. The molecule has 2 atom stereocenters. The monoisotopic (exact) mass is 491 g/mol. The number of hydrogen-bond donors (Lipinski definition) is 3. The zero-order valence-corrected chi connectivity index (χ0v) is 19.7. The topological polar surface area (TPSA) is 103 Å². The van der Waals surface area contributed by atoms with Crippen LogP contribution in [0.3, 0.4) is 0 Å². The predicted octanol–water partition coefficient (Wildman–Crippen LogP) is 4.24. The van der Waals surface area contributed by atoms with Crippen LogP contribution >= 0.6 is 23.2 Å². The first kappa shape index (κ1) is 23.8. The van der Waals surface area contributed by atoms with Crippen LogP contribution < -0.4 is 5.32 Å². The Bertz CT molecular complexity index is 1040. The van der Waals surface area contributed by atoms with E-state index in [-0.39, 0.29) is 34.0 Å². The number of aliphatic carboxylic acids is 1. The van der Waals surface area contributed by atoms with Crippen LogP contribution in [0.2, 0.25) is 10.0 Å². The Morgan fingerprint density at radius 1 is 1.21 bits per heavy atom. The van der Waals surface area contributed by atoms with Crippen molar-refractivity contribution >= 4 is 40.9 Å². The summed E-state index contributed by atoms with van der Waals surface area (Å²) in [7, 11) is 0. The number of nitrogens with zero attached hydrogens (tertiary/aromatic N) is 2. The minimum atomic E-state index is -1.99. The average molecular weight is 492 g/mol. The van der Waals surface area contributed by atoms with Gasteiger partial charge in [0.1, 0.15) is 5.82 Å². The van der Waals surface area contributed by atoms with Crippen LogP contribution in [-0.4, -0.2) is 45.1 Å². The molecule has 0 aliphatic carbocycles. The normalized spacial score (nSPS) is 19.3. The lowest BCUT2D eigenvalue weighted by Gasteiger charge is -2.48. The van der Waals surface area contributed by atoms with E-state index in [1.807, 2.05) is 0 Å². The van der Waals surface area contributed by atoms with Crippen LogP contribution in [0.5, 0.6) is 0 Å². The van der Waals surface area contributed by atoms with Gasteiger partial charge in [-0.15, -0.1) is 0 Å². The second-order valence-electron chi connectivity index (χ2n) is 8.78. The Morgan fingerprint density at radius 2 is 1.97 bits per heavy atom. The van der Waals surface area contributed by atoms with E-state index in [0.717, 1.165) is 50.2 Å². The third kappa shape index (κ3) is 5.26. The number of carboxylic acid groups (broad SMARTS) is 1. The maximum atomic E-state index is 12.8. The van der Waals surface area contributed by atoms with E-state index < -0.39 is 18.1 Å². The van der Waals surface area contributed by atoms with Gasteiger partial charge in [0.05, 0.1) is 12.3 Å². The fraction of sp³-hybridized carbons (Fsp3) is 0.458. The Kier molecular flexibility index (Phi) is 7.12. The number of likely N-dealkylation sites (tertiary alicyclic amines) is 1. The lowest BCUT2D eigenvalue weighted by atomic mass is 9.86. The number of unbranched alkanes of at least 4 members (excludes halogenated alkanes) is 1. The number of fused-ring (bicyclic) bond motifs is 1. The van der Waals surface area contributed by atoms with Crippen LogP contribution in [-0.2, 0) is 28.2 Å². The SMILES string of the molecule is O=C(O)C[C@](O)(c1cc(Cl)cc(Cl)c1)N1CC(CCCCc2ccc3c(n2)NCCC3)C1=O. The van der Waals surface area contributed by atoms with Crippen molar-refractivity contribution in [2.24, 2.45) is 5.92 Å². The highest BCUT2D eigenvalue weighted by Crippen LogP contribution is 2.39. The summed E-state index contributed by atoms with van der Waals surface area (Å²) in [4.78, 5) is 30.2. The molecule has 2 aliphatic heterocycles. The Balaban J connectivity index is 1.33. The molecule has 3 heterocycles. The number of aryl methyl sites for hydroxylation is 2. The predicted molar refractivity (Wildman–Crippen MR) is 126 cm³/mol. The molecule has 7 nitrogen and oxygen atoms in total. The van der Waals surface area contributed by atoms with E-state index >= 15 is 0 Å². The van der Waals surface area contributed by atoms with Crippen molar-refractivity contribution in [3.63, 3.8) is 0 Å².